The SMILES string of the molecule is N#Cc1cnc2cc(OCC(O)CO)c(NC(=O)C3CSSC3)cc2c1Nc1ccc(OCc2cccc(F)c2)c(Cl)c1. The molecule has 0 bridgehead atoms. The predicted molar refractivity (Wildman–Crippen MR) is 168 cm³/mol. The molecule has 2 heterocycles. The van der Waals surface area contributed by atoms with Gasteiger partial charge in [0.15, 0.2) is 0 Å². The van der Waals surface area contributed by atoms with Crippen LogP contribution < -0.4 is 20.1 Å². The number of carbonyl (C=O) groups is 1. The lowest BCUT2D eigenvalue weighted by atomic mass is 10.1. The third-order valence-electron chi connectivity index (χ3n) is 6.47. The summed E-state index contributed by atoms with van der Waals surface area (Å²) in [5.41, 5.74) is 2.69. The van der Waals surface area contributed by atoms with E-state index in [9.17, 15) is 24.7 Å². The van der Waals surface area contributed by atoms with Gasteiger partial charge in [0.1, 0.15) is 42.7 Å². The van der Waals surface area contributed by atoms with Crippen LogP contribution in [0.4, 0.5) is 21.5 Å². The van der Waals surface area contributed by atoms with Gasteiger partial charge in [0.2, 0.25) is 5.91 Å². The van der Waals surface area contributed by atoms with E-state index in [1.54, 1.807) is 64.1 Å². The monoisotopic (exact) mass is 640 g/mol. The molecule has 1 amide bonds. The van der Waals surface area contributed by atoms with E-state index in [1.165, 1.54) is 18.3 Å². The van der Waals surface area contributed by atoms with E-state index in [2.05, 4.69) is 21.7 Å². The van der Waals surface area contributed by atoms with Crippen molar-refractivity contribution >= 4 is 67.1 Å². The Morgan fingerprint density at radius 3 is 2.70 bits per heavy atom. The average molecular weight is 641 g/mol. The molecular weight excluding hydrogens is 615 g/mol. The lowest BCUT2D eigenvalue weighted by Crippen LogP contribution is -2.25. The lowest BCUT2D eigenvalue weighted by Gasteiger charge is -2.18. The Morgan fingerprint density at radius 1 is 1.16 bits per heavy atom. The molecule has 9 nitrogen and oxygen atoms in total. The minimum atomic E-state index is -1.11. The van der Waals surface area contributed by atoms with Crippen LogP contribution in [0, 0.1) is 23.1 Å². The second-order valence-corrected chi connectivity index (χ2v) is 12.6. The maximum absolute atomic E-state index is 13.5. The summed E-state index contributed by atoms with van der Waals surface area (Å²) in [4.78, 5) is 17.4. The molecule has 1 unspecified atom stereocenters. The van der Waals surface area contributed by atoms with Gasteiger partial charge in [-0.1, -0.05) is 45.3 Å². The van der Waals surface area contributed by atoms with Gasteiger partial charge < -0.3 is 30.3 Å². The largest absolute Gasteiger partial charge is 0.489 e. The molecule has 1 aliphatic rings. The number of carbonyl (C=O) groups excluding carboxylic acids is 1. The molecule has 1 aliphatic heterocycles. The van der Waals surface area contributed by atoms with Crippen molar-refractivity contribution in [1.82, 2.24) is 4.98 Å². The summed E-state index contributed by atoms with van der Waals surface area (Å²) in [6, 6.07) is 16.5. The van der Waals surface area contributed by atoms with Crippen LogP contribution in [-0.4, -0.2) is 51.9 Å². The van der Waals surface area contributed by atoms with Gasteiger partial charge in [-0.3, -0.25) is 9.78 Å². The zero-order valence-electron chi connectivity index (χ0n) is 22.5. The fourth-order valence-corrected chi connectivity index (χ4v) is 7.22. The van der Waals surface area contributed by atoms with Crippen LogP contribution >= 0.6 is 33.2 Å². The Bertz CT molecular complexity index is 1680. The van der Waals surface area contributed by atoms with E-state index in [0.717, 1.165) is 0 Å². The van der Waals surface area contributed by atoms with Crippen LogP contribution in [-0.2, 0) is 11.4 Å². The van der Waals surface area contributed by atoms with Gasteiger partial charge in [-0.05, 0) is 42.0 Å². The molecular formula is C30H26ClFN4O5S2. The maximum atomic E-state index is 13.5. The van der Waals surface area contributed by atoms with E-state index in [0.29, 0.717) is 55.8 Å². The molecule has 3 aromatic carbocycles. The number of anilines is 3. The van der Waals surface area contributed by atoms with Crippen molar-refractivity contribution in [2.45, 2.75) is 12.7 Å². The van der Waals surface area contributed by atoms with Gasteiger partial charge in [-0.2, -0.15) is 5.26 Å². The first-order valence-electron chi connectivity index (χ1n) is 13.1. The van der Waals surface area contributed by atoms with Crippen LogP contribution in [0.1, 0.15) is 11.1 Å². The van der Waals surface area contributed by atoms with Crippen molar-refractivity contribution in [3.63, 3.8) is 0 Å². The van der Waals surface area contributed by atoms with Crippen LogP contribution in [0.3, 0.4) is 0 Å². The Labute approximate surface area is 259 Å². The first kappa shape index (κ1) is 30.7. The van der Waals surface area contributed by atoms with Gasteiger partial charge in [-0.15, -0.1) is 0 Å². The number of aliphatic hydroxyl groups excluding tert-OH is 2. The van der Waals surface area contributed by atoms with Gasteiger partial charge in [0.25, 0.3) is 0 Å². The highest BCUT2D eigenvalue weighted by Crippen LogP contribution is 2.39. The molecule has 1 aromatic heterocycles. The van der Waals surface area contributed by atoms with Gasteiger partial charge in [0.05, 0.1) is 40.0 Å². The fraction of sp³-hybridized carbons (Fsp3) is 0.233. The topological polar surface area (TPSA) is 137 Å². The zero-order chi connectivity index (χ0) is 30.3. The summed E-state index contributed by atoms with van der Waals surface area (Å²) in [7, 11) is 3.26. The highest BCUT2D eigenvalue weighted by Gasteiger charge is 2.25. The number of amides is 1. The molecule has 43 heavy (non-hydrogen) atoms. The Kier molecular flexibility index (Phi) is 10.1. The molecule has 0 saturated carbocycles. The first-order chi connectivity index (χ1) is 20.8. The molecule has 1 saturated heterocycles. The number of fused-ring (bicyclic) bond motifs is 1. The minimum absolute atomic E-state index is 0.129. The number of hydrogen-bond donors (Lipinski definition) is 4. The quantitative estimate of drug-likeness (QED) is 0.147. The number of pyridine rings is 1. The number of rotatable bonds is 11. The smallest absolute Gasteiger partial charge is 0.229 e. The summed E-state index contributed by atoms with van der Waals surface area (Å²) in [5.74, 6) is 1.30. The number of nitrogens with one attached hydrogen (secondary N) is 2. The number of nitrogens with zero attached hydrogens (tertiary/aromatic N) is 2. The summed E-state index contributed by atoms with van der Waals surface area (Å²) >= 11 is 6.50. The number of halogens is 2. The Balaban J connectivity index is 1.45. The van der Waals surface area contributed by atoms with Crippen molar-refractivity contribution in [2.75, 3.05) is 35.4 Å². The van der Waals surface area contributed by atoms with Crippen molar-refractivity contribution in [1.29, 1.82) is 5.26 Å². The molecule has 0 aliphatic carbocycles. The third kappa shape index (κ3) is 7.62. The van der Waals surface area contributed by atoms with E-state index < -0.39 is 12.7 Å². The first-order valence-corrected chi connectivity index (χ1v) is 16.0. The van der Waals surface area contributed by atoms with Crippen molar-refractivity contribution in [2.24, 2.45) is 5.92 Å². The molecule has 0 radical (unpaired) electrons. The van der Waals surface area contributed by atoms with Crippen molar-refractivity contribution in [3.05, 3.63) is 82.8 Å². The minimum Gasteiger partial charge on any atom is -0.489 e. The Morgan fingerprint density at radius 2 is 1.98 bits per heavy atom. The molecule has 1 fully saturated rings. The highest BCUT2D eigenvalue weighted by molar-refractivity contribution is 8.77. The normalized spacial score (nSPS) is 13.8. The Hall–Kier alpha value is -3.73. The number of benzene rings is 3. The van der Waals surface area contributed by atoms with E-state index in [4.69, 9.17) is 21.1 Å². The summed E-state index contributed by atoms with van der Waals surface area (Å²) in [6.45, 7) is -0.557. The fourth-order valence-electron chi connectivity index (χ4n) is 4.22. The van der Waals surface area contributed by atoms with E-state index in [1.807, 2.05) is 0 Å². The molecule has 4 N–H and O–H groups in total. The van der Waals surface area contributed by atoms with E-state index >= 15 is 0 Å². The van der Waals surface area contributed by atoms with Crippen molar-refractivity contribution in [3.8, 4) is 17.6 Å². The molecule has 0 spiro atoms. The summed E-state index contributed by atoms with van der Waals surface area (Å²) < 4.78 is 25.0. The third-order valence-corrected chi connectivity index (χ3v) is 9.32. The zero-order valence-corrected chi connectivity index (χ0v) is 24.9. The highest BCUT2D eigenvalue weighted by atomic mass is 35.5. The number of hydrogen-bond acceptors (Lipinski definition) is 10. The summed E-state index contributed by atoms with van der Waals surface area (Å²) in [5, 5.41) is 35.9. The lowest BCUT2D eigenvalue weighted by molar-refractivity contribution is -0.118. The second-order valence-electron chi connectivity index (χ2n) is 9.62. The summed E-state index contributed by atoms with van der Waals surface area (Å²) in [6.07, 6.45) is 0.305. The number of ether oxygens (including phenoxy) is 2. The van der Waals surface area contributed by atoms with Gasteiger partial charge in [0, 0.05) is 34.8 Å². The van der Waals surface area contributed by atoms with Crippen molar-refractivity contribution < 1.29 is 28.9 Å². The van der Waals surface area contributed by atoms with Crippen LogP contribution in [0.25, 0.3) is 10.9 Å². The van der Waals surface area contributed by atoms with Gasteiger partial charge in [-0.25, -0.2) is 4.39 Å². The van der Waals surface area contributed by atoms with E-state index in [-0.39, 0.29) is 42.2 Å². The number of aromatic nitrogens is 1. The maximum Gasteiger partial charge on any atom is 0.229 e. The standard InChI is InChI=1S/C30H26ClFN4O5S2/c31-24-7-21(4-5-27(24)40-13-17-2-1-3-20(32)6-17)35-29-18(10-33)11-34-25-9-28(41-14-22(38)12-37)26(8-23(25)29)36-30(39)19-15-42-43-16-19/h1-9,11,19,22,37-38H,12-16H2,(H,34,35)(H,36,39). The molecule has 222 valence electrons. The molecule has 4 aromatic rings. The number of aliphatic hydroxyl groups is 2. The van der Waals surface area contributed by atoms with Crippen LogP contribution in [0.15, 0.2) is 60.8 Å². The average Bonchev–Trinajstić information content (AvgIpc) is 3.55. The number of nitriles is 1. The molecule has 1 atom stereocenters. The predicted octanol–water partition coefficient (Wildman–Crippen LogP) is 5.90. The molecule has 13 heteroatoms. The van der Waals surface area contributed by atoms with Gasteiger partial charge >= 0.3 is 0 Å². The second kappa shape index (κ2) is 14.2. The molecule has 5 rings (SSSR count). The van der Waals surface area contributed by atoms with Crippen LogP contribution in [0.5, 0.6) is 11.5 Å². The van der Waals surface area contributed by atoms with Crippen LogP contribution in [0.2, 0.25) is 5.02 Å².